The largest absolute Gasteiger partial charge is 0.472 e. The Morgan fingerprint density at radius 3 is 0.716 bits per heavy atom. The molecule has 19 heteroatoms. The molecule has 0 aromatic carbocycles. The van der Waals surface area contributed by atoms with Crippen LogP contribution in [0.5, 0.6) is 0 Å². The highest BCUT2D eigenvalue weighted by atomic mass is 31.2. The zero-order chi connectivity index (χ0) is 69.8. The Labute approximate surface area is 581 Å². The zero-order valence-corrected chi connectivity index (χ0v) is 63.6. The lowest BCUT2D eigenvalue weighted by molar-refractivity contribution is -0.161. The Hall–Kier alpha value is -1.94. The van der Waals surface area contributed by atoms with Crippen LogP contribution in [-0.2, 0) is 65.4 Å². The van der Waals surface area contributed by atoms with E-state index in [-0.39, 0.29) is 25.7 Å². The van der Waals surface area contributed by atoms with Crippen molar-refractivity contribution in [1.82, 2.24) is 0 Å². The van der Waals surface area contributed by atoms with Crippen LogP contribution in [0.3, 0.4) is 0 Å². The highest BCUT2D eigenvalue weighted by Gasteiger charge is 2.30. The molecule has 0 amide bonds. The molecular weight excluding hydrogens is 1250 g/mol. The predicted molar refractivity (Wildman–Crippen MR) is 386 cm³/mol. The third kappa shape index (κ3) is 70.3. The van der Waals surface area contributed by atoms with E-state index in [9.17, 15) is 43.2 Å². The number of ether oxygens (including phenoxy) is 4. The molecule has 0 aliphatic carbocycles. The summed E-state index contributed by atoms with van der Waals surface area (Å²) in [6.45, 7) is 7.32. The fourth-order valence-corrected chi connectivity index (χ4v) is 13.3. The Kier molecular flexibility index (Phi) is 67.7. The molecule has 2 unspecified atom stereocenters. The molecule has 0 aromatic heterocycles. The van der Waals surface area contributed by atoms with Crippen molar-refractivity contribution < 1.29 is 80.2 Å². The van der Waals surface area contributed by atoms with Gasteiger partial charge in [-0.1, -0.05) is 349 Å². The summed E-state index contributed by atoms with van der Waals surface area (Å²) in [7, 11) is -9.91. The van der Waals surface area contributed by atoms with Gasteiger partial charge in [0.2, 0.25) is 0 Å². The SMILES string of the molecule is CCCCCCCCCCCCCCCCC(=O)OC[C@H](COP(=O)(O)OC[C@@H](O)COP(=O)(O)OC[C@@H](COC(=O)CCCCCCCCCCCCC)OC(=O)CCCCCCCCCCCCCCC)OC(=O)CCCCCCCCCCCCCCCCC(C)C. The number of hydrogen-bond acceptors (Lipinski definition) is 15. The van der Waals surface area contributed by atoms with Crippen LogP contribution in [0.15, 0.2) is 0 Å². The Morgan fingerprint density at radius 1 is 0.284 bits per heavy atom. The highest BCUT2D eigenvalue weighted by molar-refractivity contribution is 7.47. The zero-order valence-electron chi connectivity index (χ0n) is 61.8. The number of hydrogen-bond donors (Lipinski definition) is 3. The van der Waals surface area contributed by atoms with Crippen molar-refractivity contribution >= 4 is 39.5 Å². The van der Waals surface area contributed by atoms with Crippen molar-refractivity contribution in [2.24, 2.45) is 5.92 Å². The number of aliphatic hydroxyl groups is 1. The standard InChI is InChI=1S/C76H148O17P2/c1-6-9-12-15-18-21-24-26-31-35-40-45-50-55-60-74(79)87-66-72(93-76(81)62-57-52-47-42-37-32-28-27-30-34-38-43-48-53-58-69(4)5)68-91-95(84,85)89-64-70(77)63-88-94(82,83)90-67-71(65-86-73(78)59-54-49-44-39-33-23-20-17-14-11-8-3)92-75(80)61-56-51-46-41-36-29-25-22-19-16-13-10-7-2/h69-72,77H,6-68H2,1-5H3,(H,82,83)(H,84,85)/t70-,71+,72+/m0/s1. The molecule has 0 saturated carbocycles. The summed E-state index contributed by atoms with van der Waals surface area (Å²) in [4.78, 5) is 72.8. The summed E-state index contributed by atoms with van der Waals surface area (Å²) in [5.74, 6) is -1.31. The molecule has 0 aromatic rings. The number of carbonyl (C=O) groups is 4. The average molecular weight is 1400 g/mol. The van der Waals surface area contributed by atoms with E-state index in [1.165, 1.54) is 225 Å². The highest BCUT2D eigenvalue weighted by Crippen LogP contribution is 2.45. The third-order valence-corrected chi connectivity index (χ3v) is 19.7. The number of phosphoric ester groups is 2. The molecule has 0 radical (unpaired) electrons. The van der Waals surface area contributed by atoms with Gasteiger partial charge in [-0.2, -0.15) is 0 Å². The second-order valence-electron chi connectivity index (χ2n) is 27.9. The summed E-state index contributed by atoms with van der Waals surface area (Å²) >= 11 is 0. The molecule has 0 saturated heterocycles. The predicted octanol–water partition coefficient (Wildman–Crippen LogP) is 22.5. The number of rotatable bonds is 76. The third-order valence-electron chi connectivity index (χ3n) is 17.8. The first-order chi connectivity index (χ1) is 46.0. The van der Waals surface area contributed by atoms with Crippen molar-refractivity contribution in [3.05, 3.63) is 0 Å². The Morgan fingerprint density at radius 2 is 0.484 bits per heavy atom. The van der Waals surface area contributed by atoms with Crippen LogP contribution in [0.2, 0.25) is 0 Å². The second kappa shape index (κ2) is 69.2. The monoisotopic (exact) mass is 1400 g/mol. The summed E-state index contributed by atoms with van der Waals surface area (Å²) in [5.41, 5.74) is 0. The summed E-state index contributed by atoms with van der Waals surface area (Å²) in [6.07, 6.45) is 58.0. The summed E-state index contributed by atoms with van der Waals surface area (Å²) in [6, 6.07) is 0. The van der Waals surface area contributed by atoms with Crippen LogP contribution in [0, 0.1) is 5.92 Å². The maximum absolute atomic E-state index is 13.1. The number of carbonyl (C=O) groups excluding carboxylic acids is 4. The van der Waals surface area contributed by atoms with Crippen LogP contribution in [0.25, 0.3) is 0 Å². The molecule has 0 rings (SSSR count). The Bertz CT molecular complexity index is 1820. The first-order valence-electron chi connectivity index (χ1n) is 39.6. The topological polar surface area (TPSA) is 237 Å². The van der Waals surface area contributed by atoms with E-state index in [4.69, 9.17) is 37.0 Å². The van der Waals surface area contributed by atoms with Gasteiger partial charge in [-0.25, -0.2) is 9.13 Å². The van der Waals surface area contributed by atoms with Gasteiger partial charge < -0.3 is 33.8 Å². The molecule has 0 aliphatic heterocycles. The fraction of sp³-hybridized carbons (Fsp3) is 0.947. The van der Waals surface area contributed by atoms with Crippen LogP contribution in [0.4, 0.5) is 0 Å². The number of unbranched alkanes of at least 4 members (excludes halogenated alkanes) is 48. The minimum absolute atomic E-state index is 0.108. The van der Waals surface area contributed by atoms with Gasteiger partial charge in [0.1, 0.15) is 19.3 Å². The van der Waals surface area contributed by atoms with E-state index < -0.39 is 97.5 Å². The molecule has 17 nitrogen and oxygen atoms in total. The van der Waals surface area contributed by atoms with Gasteiger partial charge in [0.25, 0.3) is 0 Å². The minimum Gasteiger partial charge on any atom is -0.462 e. The van der Waals surface area contributed by atoms with E-state index in [0.717, 1.165) is 95.8 Å². The van der Waals surface area contributed by atoms with Gasteiger partial charge in [-0.05, 0) is 31.6 Å². The van der Waals surface area contributed by atoms with E-state index in [1.807, 2.05) is 0 Å². The smallest absolute Gasteiger partial charge is 0.462 e. The molecule has 3 N–H and O–H groups in total. The van der Waals surface area contributed by atoms with Gasteiger partial charge in [0, 0.05) is 25.7 Å². The normalized spacial score (nSPS) is 13.9. The van der Waals surface area contributed by atoms with Crippen molar-refractivity contribution in [3.63, 3.8) is 0 Å². The van der Waals surface area contributed by atoms with Crippen molar-refractivity contribution in [2.75, 3.05) is 39.6 Å². The van der Waals surface area contributed by atoms with Crippen LogP contribution >= 0.6 is 15.6 Å². The van der Waals surface area contributed by atoms with Crippen molar-refractivity contribution in [3.8, 4) is 0 Å². The number of esters is 4. The molecule has 0 fully saturated rings. The molecular formula is C76H148O17P2. The van der Waals surface area contributed by atoms with Crippen LogP contribution in [-0.4, -0.2) is 96.7 Å². The maximum Gasteiger partial charge on any atom is 0.472 e. The van der Waals surface area contributed by atoms with Gasteiger partial charge in [-0.3, -0.25) is 37.3 Å². The lowest BCUT2D eigenvalue weighted by Gasteiger charge is -2.21. The van der Waals surface area contributed by atoms with Gasteiger partial charge >= 0.3 is 39.5 Å². The first kappa shape index (κ1) is 93.1. The van der Waals surface area contributed by atoms with E-state index >= 15 is 0 Å². The van der Waals surface area contributed by atoms with E-state index in [1.54, 1.807) is 0 Å². The molecule has 0 aliphatic rings. The van der Waals surface area contributed by atoms with Crippen molar-refractivity contribution in [1.29, 1.82) is 0 Å². The maximum atomic E-state index is 13.1. The molecule has 0 spiro atoms. The summed E-state index contributed by atoms with van der Waals surface area (Å²) in [5, 5.41) is 10.6. The van der Waals surface area contributed by atoms with E-state index in [0.29, 0.717) is 25.7 Å². The minimum atomic E-state index is -4.96. The molecule has 95 heavy (non-hydrogen) atoms. The van der Waals surface area contributed by atoms with Crippen LogP contribution < -0.4 is 0 Å². The molecule has 564 valence electrons. The second-order valence-corrected chi connectivity index (χ2v) is 30.8. The lowest BCUT2D eigenvalue weighted by atomic mass is 10.0. The van der Waals surface area contributed by atoms with Crippen molar-refractivity contribution in [2.45, 2.75) is 419 Å². The molecule has 0 heterocycles. The van der Waals surface area contributed by atoms with Crippen LogP contribution in [0.1, 0.15) is 401 Å². The molecule has 0 bridgehead atoms. The lowest BCUT2D eigenvalue weighted by Crippen LogP contribution is -2.30. The van der Waals surface area contributed by atoms with Gasteiger partial charge in [0.05, 0.1) is 26.4 Å². The van der Waals surface area contributed by atoms with Gasteiger partial charge in [-0.15, -0.1) is 0 Å². The fourth-order valence-electron chi connectivity index (χ4n) is 11.7. The first-order valence-corrected chi connectivity index (χ1v) is 42.6. The molecule has 5 atom stereocenters. The quantitative estimate of drug-likeness (QED) is 0.0222. The number of aliphatic hydroxyl groups excluding tert-OH is 1. The van der Waals surface area contributed by atoms with Gasteiger partial charge in [0.15, 0.2) is 12.2 Å². The number of phosphoric acid groups is 2. The summed E-state index contributed by atoms with van der Waals surface area (Å²) < 4.78 is 68.6. The van der Waals surface area contributed by atoms with E-state index in [2.05, 4.69) is 34.6 Å². The Balaban J connectivity index is 5.25. The average Bonchev–Trinajstić information content (AvgIpc) is 1.43.